The van der Waals surface area contributed by atoms with E-state index in [9.17, 15) is 8.42 Å². The number of ether oxygens (including phenoxy) is 2. The van der Waals surface area contributed by atoms with Gasteiger partial charge in [0.1, 0.15) is 22.9 Å². The minimum absolute atomic E-state index is 0.126. The Morgan fingerprint density at radius 3 is 1.70 bits per heavy atom. The molecule has 0 saturated carbocycles. The van der Waals surface area contributed by atoms with Crippen LogP contribution in [0.1, 0.15) is 56.3 Å². The smallest absolute Gasteiger partial charge is 0.220 e. The number of benzene rings is 2. The van der Waals surface area contributed by atoms with E-state index in [2.05, 4.69) is 43.8 Å². The fraction of sp³-hybridized carbons (Fsp3) is 0.467. The fourth-order valence-electron chi connectivity index (χ4n) is 3.94. The number of methoxy groups -OCH3 is 2. The van der Waals surface area contributed by atoms with Crippen LogP contribution in [0.3, 0.4) is 0 Å². The fourth-order valence-corrected chi connectivity index (χ4v) is 6.98. The summed E-state index contributed by atoms with van der Waals surface area (Å²) in [4.78, 5) is 8.98. The summed E-state index contributed by atoms with van der Waals surface area (Å²) in [5.74, 6) is 1.42. The molecule has 0 aliphatic heterocycles. The number of sulfonamides is 1. The number of aromatic nitrogens is 2. The third-order valence-electron chi connectivity index (χ3n) is 7.61. The summed E-state index contributed by atoms with van der Waals surface area (Å²) >= 11 is 0. The molecule has 10 heteroatoms. The summed E-state index contributed by atoms with van der Waals surface area (Å²) in [6.45, 7) is 14.6. The summed E-state index contributed by atoms with van der Waals surface area (Å²) in [6, 6.07) is 14.9. The minimum atomic E-state index is -3.90. The van der Waals surface area contributed by atoms with Crippen LogP contribution in [-0.2, 0) is 27.5 Å². The van der Waals surface area contributed by atoms with Crippen LogP contribution in [0.15, 0.2) is 60.9 Å². The van der Waals surface area contributed by atoms with Crippen molar-refractivity contribution in [1.82, 2.24) is 14.3 Å². The molecule has 0 aliphatic rings. The van der Waals surface area contributed by atoms with Crippen molar-refractivity contribution in [3.05, 3.63) is 83.4 Å². The molecule has 0 fully saturated rings. The average molecular weight is 586 g/mol. The molecular weight excluding hydrogens is 542 g/mol. The molecule has 0 radical (unpaired) electrons. The lowest BCUT2D eigenvalue weighted by atomic mass is 10.2. The molecule has 2 aromatic carbocycles. The zero-order chi connectivity index (χ0) is 29.7. The predicted molar refractivity (Wildman–Crippen MR) is 161 cm³/mol. The van der Waals surface area contributed by atoms with Gasteiger partial charge in [-0.2, -0.15) is 4.31 Å². The molecule has 0 saturated heterocycles. The van der Waals surface area contributed by atoms with Gasteiger partial charge in [0.2, 0.25) is 10.0 Å². The maximum atomic E-state index is 14.5. The van der Waals surface area contributed by atoms with Gasteiger partial charge in [-0.1, -0.05) is 45.0 Å². The zero-order valence-corrected chi connectivity index (χ0v) is 27.0. The number of aryl methyl sites for hydroxylation is 1. The van der Waals surface area contributed by atoms with Crippen molar-refractivity contribution in [2.45, 2.75) is 77.2 Å². The van der Waals surface area contributed by atoms with E-state index in [1.54, 1.807) is 33.5 Å². The van der Waals surface area contributed by atoms with Crippen molar-refractivity contribution in [3.63, 3.8) is 0 Å². The SMILES string of the molecule is COc1ccc(CN(Cc2ccc(OC)cc2)S(=O)(=O)[C@H](C)[C@@H](O[Si](C)(C)C(C)(C)C)c2cnc(C)cn2)cc1. The van der Waals surface area contributed by atoms with Gasteiger partial charge in [-0.05, 0) is 67.4 Å². The van der Waals surface area contributed by atoms with E-state index < -0.39 is 29.7 Å². The Hall–Kier alpha value is -2.79. The molecule has 40 heavy (non-hydrogen) atoms. The van der Waals surface area contributed by atoms with Crippen molar-refractivity contribution >= 4 is 18.3 Å². The Morgan fingerprint density at radius 2 is 1.32 bits per heavy atom. The number of hydrogen-bond acceptors (Lipinski definition) is 7. The molecule has 0 spiro atoms. The second-order valence-electron chi connectivity index (χ2n) is 11.6. The van der Waals surface area contributed by atoms with E-state index in [-0.39, 0.29) is 18.1 Å². The molecule has 218 valence electrons. The minimum Gasteiger partial charge on any atom is -0.497 e. The van der Waals surface area contributed by atoms with Gasteiger partial charge < -0.3 is 13.9 Å². The van der Waals surface area contributed by atoms with Crippen molar-refractivity contribution in [1.29, 1.82) is 0 Å². The van der Waals surface area contributed by atoms with Gasteiger partial charge in [0.15, 0.2) is 8.32 Å². The monoisotopic (exact) mass is 585 g/mol. The van der Waals surface area contributed by atoms with E-state index in [1.807, 2.05) is 55.5 Å². The van der Waals surface area contributed by atoms with E-state index in [4.69, 9.17) is 13.9 Å². The third-order valence-corrected chi connectivity index (χ3v) is 14.2. The molecule has 1 aromatic heterocycles. The van der Waals surface area contributed by atoms with Crippen molar-refractivity contribution in [3.8, 4) is 11.5 Å². The van der Waals surface area contributed by atoms with Gasteiger partial charge in [-0.3, -0.25) is 9.97 Å². The van der Waals surface area contributed by atoms with Gasteiger partial charge in [0.25, 0.3) is 0 Å². The quantitative estimate of drug-likeness (QED) is 0.231. The highest BCUT2D eigenvalue weighted by atomic mass is 32.2. The van der Waals surface area contributed by atoms with Gasteiger partial charge in [0, 0.05) is 19.3 Å². The number of hydrogen-bond donors (Lipinski definition) is 0. The first-order valence-electron chi connectivity index (χ1n) is 13.4. The Morgan fingerprint density at radius 1 is 0.850 bits per heavy atom. The molecule has 3 rings (SSSR count). The van der Waals surface area contributed by atoms with Crippen LogP contribution >= 0.6 is 0 Å². The highest BCUT2D eigenvalue weighted by molar-refractivity contribution is 7.89. The summed E-state index contributed by atoms with van der Waals surface area (Å²) < 4.78 is 47.8. The lowest BCUT2D eigenvalue weighted by molar-refractivity contribution is 0.173. The van der Waals surface area contributed by atoms with E-state index in [0.717, 1.165) is 16.8 Å². The van der Waals surface area contributed by atoms with Crippen molar-refractivity contribution in [2.75, 3.05) is 14.2 Å². The Bertz CT molecular complexity index is 1290. The van der Waals surface area contributed by atoms with Gasteiger partial charge in [-0.25, -0.2) is 8.42 Å². The number of rotatable bonds is 12. The Balaban J connectivity index is 2.05. The summed E-state index contributed by atoms with van der Waals surface area (Å²) in [5, 5.41) is -1.05. The van der Waals surface area contributed by atoms with Crippen molar-refractivity contribution in [2.24, 2.45) is 0 Å². The van der Waals surface area contributed by atoms with Gasteiger partial charge in [-0.15, -0.1) is 0 Å². The first-order chi connectivity index (χ1) is 18.7. The maximum absolute atomic E-state index is 14.5. The lowest BCUT2D eigenvalue weighted by Crippen LogP contribution is -2.47. The lowest BCUT2D eigenvalue weighted by Gasteiger charge is -2.41. The van der Waals surface area contributed by atoms with E-state index in [1.165, 1.54) is 4.31 Å². The first-order valence-corrected chi connectivity index (χ1v) is 17.8. The molecule has 0 bridgehead atoms. The van der Waals surface area contributed by atoms with Crippen LogP contribution in [0.5, 0.6) is 11.5 Å². The Labute approximate surface area is 240 Å². The van der Waals surface area contributed by atoms with Crippen LogP contribution in [0.2, 0.25) is 18.1 Å². The highest BCUT2D eigenvalue weighted by Crippen LogP contribution is 2.41. The number of nitrogens with zero attached hydrogens (tertiary/aromatic N) is 3. The molecule has 0 amide bonds. The van der Waals surface area contributed by atoms with Gasteiger partial charge in [0.05, 0.1) is 31.8 Å². The molecule has 0 aliphatic carbocycles. The van der Waals surface area contributed by atoms with E-state index in [0.29, 0.717) is 17.2 Å². The van der Waals surface area contributed by atoms with Crippen LogP contribution in [0, 0.1) is 6.92 Å². The Kier molecular flexibility index (Phi) is 10.2. The molecule has 1 heterocycles. The predicted octanol–water partition coefficient (Wildman–Crippen LogP) is 6.29. The second kappa shape index (κ2) is 12.8. The van der Waals surface area contributed by atoms with Crippen LogP contribution in [0.4, 0.5) is 0 Å². The van der Waals surface area contributed by atoms with Crippen molar-refractivity contribution < 1.29 is 22.3 Å². The molecule has 2 atom stereocenters. The molecule has 8 nitrogen and oxygen atoms in total. The molecular formula is C30H43N3O5SSi. The first kappa shape index (κ1) is 31.7. The second-order valence-corrected chi connectivity index (χ2v) is 18.6. The highest BCUT2D eigenvalue weighted by Gasteiger charge is 2.44. The standard InChI is InChI=1S/C30H43N3O5SSi/c1-22-18-32-28(19-31-22)29(38-40(8,9)30(3,4)5)23(2)39(34,35)33(20-24-10-14-26(36-6)15-11-24)21-25-12-16-27(37-7)17-13-25/h10-19,23,29H,20-21H2,1-9H3/t23-,29-/m1/s1. The summed E-state index contributed by atoms with van der Waals surface area (Å²) in [5.41, 5.74) is 2.97. The molecule has 3 aromatic rings. The molecule has 0 N–H and O–H groups in total. The van der Waals surface area contributed by atoms with E-state index >= 15 is 0 Å². The van der Waals surface area contributed by atoms with Crippen LogP contribution in [-0.4, -0.2) is 50.5 Å². The molecule has 0 unspecified atom stereocenters. The van der Waals surface area contributed by atoms with Gasteiger partial charge >= 0.3 is 0 Å². The largest absolute Gasteiger partial charge is 0.497 e. The topological polar surface area (TPSA) is 90.9 Å². The summed E-state index contributed by atoms with van der Waals surface area (Å²) in [7, 11) is -3.08. The average Bonchev–Trinajstić information content (AvgIpc) is 2.91. The zero-order valence-electron chi connectivity index (χ0n) is 25.1. The normalized spacial score (nSPS) is 14.2. The third kappa shape index (κ3) is 7.69. The van der Waals surface area contributed by atoms with Crippen LogP contribution < -0.4 is 9.47 Å². The van der Waals surface area contributed by atoms with Crippen LogP contribution in [0.25, 0.3) is 0 Å². The summed E-state index contributed by atoms with van der Waals surface area (Å²) in [6.07, 6.45) is 2.51. The maximum Gasteiger partial charge on any atom is 0.220 e.